The quantitative estimate of drug-likeness (QED) is 0.573. The predicted octanol–water partition coefficient (Wildman–Crippen LogP) is -0.0850. The van der Waals surface area contributed by atoms with E-state index in [-0.39, 0.29) is 19.0 Å². The molecule has 122 valence electrons. The Kier molecular flexibility index (Phi) is 5.32. The molecule has 0 amide bonds. The minimum absolute atomic E-state index is 0.135. The van der Waals surface area contributed by atoms with E-state index in [0.29, 0.717) is 0 Å². The first-order valence-corrected chi connectivity index (χ1v) is 6.92. The SMILES string of the molecule is COc1ccc(C=NN(CCO)c2cc(=O)n(C)c(=O)[nH]2)cc1. The Morgan fingerprint density at radius 1 is 1.35 bits per heavy atom. The van der Waals surface area contributed by atoms with E-state index in [9.17, 15) is 9.59 Å². The molecule has 8 heteroatoms. The van der Waals surface area contributed by atoms with Gasteiger partial charge in [-0.2, -0.15) is 5.10 Å². The number of nitrogens with zero attached hydrogens (tertiary/aromatic N) is 3. The van der Waals surface area contributed by atoms with Gasteiger partial charge in [0.15, 0.2) is 0 Å². The van der Waals surface area contributed by atoms with Crippen LogP contribution in [0.5, 0.6) is 5.75 Å². The highest BCUT2D eigenvalue weighted by atomic mass is 16.5. The van der Waals surface area contributed by atoms with Gasteiger partial charge in [-0.3, -0.25) is 14.3 Å². The van der Waals surface area contributed by atoms with E-state index in [2.05, 4.69) is 10.1 Å². The smallest absolute Gasteiger partial charge is 0.329 e. The van der Waals surface area contributed by atoms with E-state index < -0.39 is 11.2 Å². The zero-order valence-electron chi connectivity index (χ0n) is 12.9. The molecule has 0 unspecified atom stereocenters. The molecule has 0 atom stereocenters. The topological polar surface area (TPSA) is 99.9 Å². The van der Waals surface area contributed by atoms with Gasteiger partial charge in [-0.05, 0) is 29.8 Å². The van der Waals surface area contributed by atoms with Crippen LogP contribution < -0.4 is 21.0 Å². The van der Waals surface area contributed by atoms with Crippen molar-refractivity contribution in [3.05, 3.63) is 56.7 Å². The van der Waals surface area contributed by atoms with E-state index in [1.54, 1.807) is 25.5 Å². The van der Waals surface area contributed by atoms with Crippen molar-refractivity contribution in [2.24, 2.45) is 12.1 Å². The second-order valence-corrected chi connectivity index (χ2v) is 4.72. The van der Waals surface area contributed by atoms with Gasteiger partial charge in [-0.15, -0.1) is 0 Å². The maximum absolute atomic E-state index is 11.7. The third-order valence-electron chi connectivity index (χ3n) is 3.18. The lowest BCUT2D eigenvalue weighted by Gasteiger charge is -2.17. The van der Waals surface area contributed by atoms with Crippen molar-refractivity contribution in [2.45, 2.75) is 0 Å². The Bertz CT molecular complexity index is 761. The average Bonchev–Trinajstić information content (AvgIpc) is 2.56. The molecule has 8 nitrogen and oxygen atoms in total. The molecule has 1 aromatic carbocycles. The third-order valence-corrected chi connectivity index (χ3v) is 3.18. The first kappa shape index (κ1) is 16.5. The van der Waals surface area contributed by atoms with Crippen LogP contribution in [0.1, 0.15) is 5.56 Å². The highest BCUT2D eigenvalue weighted by Gasteiger charge is 2.08. The minimum Gasteiger partial charge on any atom is -0.497 e. The van der Waals surface area contributed by atoms with Crippen molar-refractivity contribution in [3.63, 3.8) is 0 Å². The van der Waals surface area contributed by atoms with Crippen molar-refractivity contribution in [2.75, 3.05) is 25.3 Å². The van der Waals surface area contributed by atoms with Crippen LogP contribution in [-0.4, -0.2) is 41.1 Å². The third kappa shape index (κ3) is 4.07. The first-order valence-electron chi connectivity index (χ1n) is 6.92. The Labute approximate surface area is 132 Å². The van der Waals surface area contributed by atoms with Crippen molar-refractivity contribution >= 4 is 12.0 Å². The Balaban J connectivity index is 2.29. The number of anilines is 1. The summed E-state index contributed by atoms with van der Waals surface area (Å²) in [5, 5.41) is 14.7. The fourth-order valence-corrected chi connectivity index (χ4v) is 1.84. The summed E-state index contributed by atoms with van der Waals surface area (Å²) in [6, 6.07) is 8.45. The van der Waals surface area contributed by atoms with Crippen LogP contribution in [0.2, 0.25) is 0 Å². The lowest BCUT2D eigenvalue weighted by Crippen LogP contribution is -2.35. The molecule has 0 saturated carbocycles. The minimum atomic E-state index is -0.546. The standard InChI is InChI=1S/C15H18N4O4/c1-18-14(21)9-13(17-15(18)22)19(7-8-20)16-10-11-3-5-12(23-2)6-4-11/h3-6,9-10,20H,7-8H2,1-2H3,(H,17,22). The van der Waals surface area contributed by atoms with E-state index in [4.69, 9.17) is 9.84 Å². The number of rotatable bonds is 6. The van der Waals surface area contributed by atoms with Gasteiger partial charge in [0.2, 0.25) is 0 Å². The number of hydrazone groups is 1. The van der Waals surface area contributed by atoms with Crippen LogP contribution in [0.4, 0.5) is 5.82 Å². The van der Waals surface area contributed by atoms with Crippen LogP contribution in [0.25, 0.3) is 0 Å². The number of aliphatic hydroxyl groups is 1. The van der Waals surface area contributed by atoms with Gasteiger partial charge in [-0.1, -0.05) is 0 Å². The first-order chi connectivity index (χ1) is 11.0. The Morgan fingerprint density at radius 3 is 2.61 bits per heavy atom. The largest absolute Gasteiger partial charge is 0.497 e. The summed E-state index contributed by atoms with van der Waals surface area (Å²) in [7, 11) is 2.96. The zero-order chi connectivity index (χ0) is 16.8. The Morgan fingerprint density at radius 2 is 2.04 bits per heavy atom. The fourth-order valence-electron chi connectivity index (χ4n) is 1.84. The summed E-state index contributed by atoms with van der Waals surface area (Å²) in [6.07, 6.45) is 1.56. The Hall–Kier alpha value is -2.87. The lowest BCUT2D eigenvalue weighted by molar-refractivity contribution is 0.302. The number of H-pyrrole nitrogens is 1. The summed E-state index contributed by atoms with van der Waals surface area (Å²) < 4.78 is 6.03. The molecule has 2 N–H and O–H groups in total. The number of nitrogens with one attached hydrogen (secondary N) is 1. The molecule has 0 aliphatic heterocycles. The maximum atomic E-state index is 11.7. The summed E-state index contributed by atoms with van der Waals surface area (Å²) in [5.74, 6) is 0.946. The van der Waals surface area contributed by atoms with Crippen molar-refractivity contribution in [3.8, 4) is 5.75 Å². The average molecular weight is 318 g/mol. The monoisotopic (exact) mass is 318 g/mol. The molecule has 0 spiro atoms. The summed E-state index contributed by atoms with van der Waals surface area (Å²) in [5.41, 5.74) is -0.193. The molecular formula is C15H18N4O4. The van der Waals surface area contributed by atoms with Crippen molar-refractivity contribution < 1.29 is 9.84 Å². The van der Waals surface area contributed by atoms with Crippen LogP contribution in [-0.2, 0) is 7.05 Å². The van der Waals surface area contributed by atoms with Crippen LogP contribution in [0.15, 0.2) is 45.0 Å². The zero-order valence-corrected chi connectivity index (χ0v) is 12.9. The van der Waals surface area contributed by atoms with Gasteiger partial charge in [0.1, 0.15) is 11.6 Å². The lowest BCUT2D eigenvalue weighted by atomic mass is 10.2. The summed E-state index contributed by atoms with van der Waals surface area (Å²) in [6.45, 7) is -0.0487. The molecule has 0 aliphatic carbocycles. The van der Waals surface area contributed by atoms with Gasteiger partial charge >= 0.3 is 5.69 Å². The van der Waals surface area contributed by atoms with E-state index in [1.165, 1.54) is 18.1 Å². The summed E-state index contributed by atoms with van der Waals surface area (Å²) >= 11 is 0. The van der Waals surface area contributed by atoms with Gasteiger partial charge in [0.05, 0.1) is 26.5 Å². The van der Waals surface area contributed by atoms with E-state index in [1.807, 2.05) is 12.1 Å². The number of aromatic nitrogens is 2. The normalized spacial score (nSPS) is 10.9. The van der Waals surface area contributed by atoms with Crippen molar-refractivity contribution in [1.29, 1.82) is 0 Å². The van der Waals surface area contributed by atoms with Crippen LogP contribution in [0.3, 0.4) is 0 Å². The van der Waals surface area contributed by atoms with Gasteiger partial charge in [0.25, 0.3) is 5.56 Å². The predicted molar refractivity (Wildman–Crippen MR) is 87.3 cm³/mol. The molecular weight excluding hydrogens is 300 g/mol. The molecule has 0 saturated heterocycles. The number of aromatic amines is 1. The van der Waals surface area contributed by atoms with E-state index in [0.717, 1.165) is 15.9 Å². The molecule has 0 radical (unpaired) electrons. The maximum Gasteiger partial charge on any atom is 0.329 e. The summed E-state index contributed by atoms with van der Waals surface area (Å²) in [4.78, 5) is 25.9. The molecule has 0 bridgehead atoms. The van der Waals surface area contributed by atoms with Crippen LogP contribution in [0, 0.1) is 0 Å². The van der Waals surface area contributed by atoms with Gasteiger partial charge in [0, 0.05) is 13.1 Å². The van der Waals surface area contributed by atoms with E-state index >= 15 is 0 Å². The second-order valence-electron chi connectivity index (χ2n) is 4.72. The number of hydrogen-bond acceptors (Lipinski definition) is 6. The molecule has 1 aromatic heterocycles. The molecule has 0 aliphatic rings. The molecule has 2 aromatic rings. The van der Waals surface area contributed by atoms with Crippen LogP contribution >= 0.6 is 0 Å². The molecule has 0 fully saturated rings. The van der Waals surface area contributed by atoms with Crippen molar-refractivity contribution in [1.82, 2.24) is 9.55 Å². The highest BCUT2D eigenvalue weighted by molar-refractivity contribution is 5.80. The molecule has 1 heterocycles. The second kappa shape index (κ2) is 7.41. The fraction of sp³-hybridized carbons (Fsp3) is 0.267. The highest BCUT2D eigenvalue weighted by Crippen LogP contribution is 2.11. The number of ether oxygens (including phenoxy) is 1. The molecule has 23 heavy (non-hydrogen) atoms. The number of methoxy groups -OCH3 is 1. The van der Waals surface area contributed by atoms with Gasteiger partial charge in [-0.25, -0.2) is 9.80 Å². The number of aliphatic hydroxyl groups excluding tert-OH is 1. The number of benzene rings is 1. The molecule has 2 rings (SSSR count). The van der Waals surface area contributed by atoms with Gasteiger partial charge < -0.3 is 9.84 Å². The number of hydrogen-bond donors (Lipinski definition) is 2.